The fraction of sp³-hybridized carbons (Fsp3) is 0.571. The average Bonchev–Trinajstić information content (AvgIpc) is 2.33. The topological polar surface area (TPSA) is 21.3 Å². The lowest BCUT2D eigenvalue weighted by molar-refractivity contribution is 0.187. The van der Waals surface area contributed by atoms with Gasteiger partial charge in [0.05, 0.1) is 0 Å². The predicted octanol–water partition coefficient (Wildman–Crippen LogP) is 3.57. The van der Waals surface area contributed by atoms with E-state index in [-0.39, 0.29) is 0 Å². The molecule has 1 rings (SSSR count). The average molecular weight is 300 g/mol. The van der Waals surface area contributed by atoms with Crippen molar-refractivity contribution in [1.82, 2.24) is 5.32 Å². The van der Waals surface area contributed by atoms with Gasteiger partial charge in [-0.3, -0.25) is 0 Å². The Morgan fingerprint density at radius 1 is 1.41 bits per heavy atom. The first-order chi connectivity index (χ1) is 8.27. The number of methoxy groups -OCH3 is 1. The summed E-state index contributed by atoms with van der Waals surface area (Å²) in [6.45, 7) is 5.10. The summed E-state index contributed by atoms with van der Waals surface area (Å²) in [6.07, 6.45) is 2.24. The SMILES string of the molecule is CCCNCC(CCOC)c1cccc(Br)c1. The minimum absolute atomic E-state index is 0.527. The van der Waals surface area contributed by atoms with Crippen molar-refractivity contribution in [3.05, 3.63) is 34.3 Å². The maximum absolute atomic E-state index is 5.19. The lowest BCUT2D eigenvalue weighted by Crippen LogP contribution is -2.23. The molecule has 1 atom stereocenters. The Bertz CT molecular complexity index is 317. The summed E-state index contributed by atoms with van der Waals surface area (Å²) in [5.41, 5.74) is 1.38. The van der Waals surface area contributed by atoms with E-state index in [9.17, 15) is 0 Å². The Hall–Kier alpha value is -0.380. The second-order valence-electron chi connectivity index (χ2n) is 4.24. The Kier molecular flexibility index (Phi) is 7.49. The van der Waals surface area contributed by atoms with Gasteiger partial charge in [0.2, 0.25) is 0 Å². The van der Waals surface area contributed by atoms with Crippen molar-refractivity contribution < 1.29 is 4.74 Å². The van der Waals surface area contributed by atoms with Gasteiger partial charge in [0.1, 0.15) is 0 Å². The van der Waals surface area contributed by atoms with Gasteiger partial charge in [-0.25, -0.2) is 0 Å². The highest BCUT2D eigenvalue weighted by Gasteiger charge is 2.11. The van der Waals surface area contributed by atoms with Crippen LogP contribution in [0.1, 0.15) is 31.2 Å². The van der Waals surface area contributed by atoms with Crippen LogP contribution in [0.3, 0.4) is 0 Å². The van der Waals surface area contributed by atoms with E-state index in [1.165, 1.54) is 12.0 Å². The summed E-state index contributed by atoms with van der Waals surface area (Å²) in [7, 11) is 1.76. The lowest BCUT2D eigenvalue weighted by Gasteiger charge is -2.18. The quantitative estimate of drug-likeness (QED) is 0.741. The molecule has 1 unspecified atom stereocenters. The van der Waals surface area contributed by atoms with Gasteiger partial charge in [-0.1, -0.05) is 35.0 Å². The van der Waals surface area contributed by atoms with Crippen LogP contribution in [-0.4, -0.2) is 26.8 Å². The molecule has 1 aromatic rings. The first kappa shape index (κ1) is 14.7. The summed E-state index contributed by atoms with van der Waals surface area (Å²) >= 11 is 3.53. The van der Waals surface area contributed by atoms with E-state index >= 15 is 0 Å². The predicted molar refractivity (Wildman–Crippen MR) is 76.5 cm³/mol. The first-order valence-electron chi connectivity index (χ1n) is 6.23. The molecule has 0 aliphatic heterocycles. The molecule has 0 heterocycles. The molecule has 96 valence electrons. The smallest absolute Gasteiger partial charge is 0.0468 e. The lowest BCUT2D eigenvalue weighted by atomic mass is 9.96. The second kappa shape index (κ2) is 8.67. The maximum Gasteiger partial charge on any atom is 0.0468 e. The van der Waals surface area contributed by atoms with E-state index in [0.717, 1.165) is 30.6 Å². The number of ether oxygens (including phenoxy) is 1. The Balaban J connectivity index is 2.60. The molecule has 2 nitrogen and oxygen atoms in total. The van der Waals surface area contributed by atoms with Crippen molar-refractivity contribution in [3.8, 4) is 0 Å². The Morgan fingerprint density at radius 2 is 2.24 bits per heavy atom. The van der Waals surface area contributed by atoms with E-state index in [4.69, 9.17) is 4.74 Å². The van der Waals surface area contributed by atoms with Crippen LogP contribution in [-0.2, 0) is 4.74 Å². The molecule has 0 saturated carbocycles. The number of hydrogen-bond acceptors (Lipinski definition) is 2. The summed E-state index contributed by atoms with van der Waals surface area (Å²) in [5.74, 6) is 0.527. The number of hydrogen-bond donors (Lipinski definition) is 1. The Morgan fingerprint density at radius 3 is 2.88 bits per heavy atom. The molecule has 0 aromatic heterocycles. The van der Waals surface area contributed by atoms with E-state index in [2.05, 4.69) is 52.4 Å². The third kappa shape index (κ3) is 5.66. The molecule has 0 radical (unpaired) electrons. The zero-order valence-corrected chi connectivity index (χ0v) is 12.3. The summed E-state index contributed by atoms with van der Waals surface area (Å²) < 4.78 is 6.34. The minimum atomic E-state index is 0.527. The van der Waals surface area contributed by atoms with E-state index in [1.807, 2.05) is 0 Å². The fourth-order valence-electron chi connectivity index (χ4n) is 1.86. The van der Waals surface area contributed by atoms with Gasteiger partial charge in [-0.15, -0.1) is 0 Å². The van der Waals surface area contributed by atoms with E-state index in [0.29, 0.717) is 5.92 Å². The van der Waals surface area contributed by atoms with Crippen molar-refractivity contribution in [3.63, 3.8) is 0 Å². The molecule has 0 aliphatic carbocycles. The van der Waals surface area contributed by atoms with Crippen LogP contribution >= 0.6 is 15.9 Å². The van der Waals surface area contributed by atoms with Gasteiger partial charge in [-0.05, 0) is 43.0 Å². The standard InChI is InChI=1S/C14H22BrNO/c1-3-8-16-11-13(7-9-17-2)12-5-4-6-14(15)10-12/h4-6,10,13,16H,3,7-9,11H2,1-2H3. The molecule has 17 heavy (non-hydrogen) atoms. The van der Waals surface area contributed by atoms with Crippen LogP contribution in [0.4, 0.5) is 0 Å². The van der Waals surface area contributed by atoms with Crippen LogP contribution in [0.25, 0.3) is 0 Å². The van der Waals surface area contributed by atoms with Gasteiger partial charge in [0, 0.05) is 24.7 Å². The molecule has 0 spiro atoms. The molecule has 0 amide bonds. The monoisotopic (exact) mass is 299 g/mol. The number of rotatable bonds is 8. The van der Waals surface area contributed by atoms with Crippen molar-refractivity contribution >= 4 is 15.9 Å². The number of halogens is 1. The van der Waals surface area contributed by atoms with Crippen molar-refractivity contribution in [2.24, 2.45) is 0 Å². The minimum Gasteiger partial charge on any atom is -0.385 e. The largest absolute Gasteiger partial charge is 0.385 e. The summed E-state index contributed by atoms with van der Waals surface area (Å²) in [4.78, 5) is 0. The normalized spacial score (nSPS) is 12.6. The van der Waals surface area contributed by atoms with Crippen LogP contribution < -0.4 is 5.32 Å². The zero-order chi connectivity index (χ0) is 12.5. The van der Waals surface area contributed by atoms with Crippen molar-refractivity contribution in [1.29, 1.82) is 0 Å². The van der Waals surface area contributed by atoms with Crippen LogP contribution in [0.5, 0.6) is 0 Å². The molecule has 0 saturated heterocycles. The first-order valence-corrected chi connectivity index (χ1v) is 7.02. The van der Waals surface area contributed by atoms with Gasteiger partial charge in [-0.2, -0.15) is 0 Å². The van der Waals surface area contributed by atoms with Gasteiger partial charge in [0.15, 0.2) is 0 Å². The second-order valence-corrected chi connectivity index (χ2v) is 5.15. The molecule has 3 heteroatoms. The highest BCUT2D eigenvalue weighted by atomic mass is 79.9. The highest BCUT2D eigenvalue weighted by molar-refractivity contribution is 9.10. The molecule has 1 aromatic carbocycles. The number of benzene rings is 1. The summed E-state index contributed by atoms with van der Waals surface area (Å²) in [5, 5.41) is 3.49. The van der Waals surface area contributed by atoms with Gasteiger partial charge >= 0.3 is 0 Å². The fourth-order valence-corrected chi connectivity index (χ4v) is 2.28. The third-order valence-electron chi connectivity index (χ3n) is 2.81. The third-order valence-corrected chi connectivity index (χ3v) is 3.30. The molecule has 0 fully saturated rings. The molecular formula is C14H22BrNO. The molecule has 0 bridgehead atoms. The van der Waals surface area contributed by atoms with Crippen LogP contribution in [0, 0.1) is 0 Å². The van der Waals surface area contributed by atoms with E-state index in [1.54, 1.807) is 7.11 Å². The van der Waals surface area contributed by atoms with Gasteiger partial charge in [0.25, 0.3) is 0 Å². The van der Waals surface area contributed by atoms with Crippen molar-refractivity contribution in [2.45, 2.75) is 25.7 Å². The maximum atomic E-state index is 5.19. The van der Waals surface area contributed by atoms with Crippen molar-refractivity contribution in [2.75, 3.05) is 26.8 Å². The van der Waals surface area contributed by atoms with Crippen LogP contribution in [0.15, 0.2) is 28.7 Å². The molecule has 0 aliphatic rings. The Labute approximate surface area is 113 Å². The van der Waals surface area contributed by atoms with E-state index < -0.39 is 0 Å². The zero-order valence-electron chi connectivity index (χ0n) is 10.7. The molecule has 1 N–H and O–H groups in total. The highest BCUT2D eigenvalue weighted by Crippen LogP contribution is 2.22. The molecular weight excluding hydrogens is 278 g/mol. The number of nitrogens with one attached hydrogen (secondary N) is 1. The summed E-state index contributed by atoms with van der Waals surface area (Å²) in [6, 6.07) is 8.56. The van der Waals surface area contributed by atoms with Crippen LogP contribution in [0.2, 0.25) is 0 Å². The van der Waals surface area contributed by atoms with Gasteiger partial charge < -0.3 is 10.1 Å².